The van der Waals surface area contributed by atoms with Crippen LogP contribution in [0.2, 0.25) is 0 Å². The van der Waals surface area contributed by atoms with Crippen molar-refractivity contribution in [2.45, 2.75) is 32.6 Å². The van der Waals surface area contributed by atoms with Crippen molar-refractivity contribution < 1.29 is 13.2 Å². The molecule has 90 valence electrons. The predicted molar refractivity (Wildman–Crippen MR) is 58.0 cm³/mol. The topological polar surface area (TPSA) is 12.0 Å². The lowest BCUT2D eigenvalue weighted by atomic mass is 10.0. The van der Waals surface area contributed by atoms with Crippen molar-refractivity contribution in [3.05, 3.63) is 35.9 Å². The first-order valence-electron chi connectivity index (χ1n) is 5.25. The van der Waals surface area contributed by atoms with Crippen LogP contribution in [0.5, 0.6) is 0 Å². The quantitative estimate of drug-likeness (QED) is 0.837. The van der Waals surface area contributed by atoms with Gasteiger partial charge in [-0.2, -0.15) is 13.2 Å². The van der Waals surface area contributed by atoms with Crippen LogP contribution in [0.1, 0.15) is 19.4 Å². The highest BCUT2D eigenvalue weighted by molar-refractivity contribution is 5.14. The van der Waals surface area contributed by atoms with Crippen molar-refractivity contribution >= 4 is 0 Å². The normalized spacial score (nSPS) is 14.1. The summed E-state index contributed by atoms with van der Waals surface area (Å²) >= 11 is 0. The second-order valence-electron chi connectivity index (χ2n) is 4.13. The summed E-state index contributed by atoms with van der Waals surface area (Å²) in [7, 11) is 0. The van der Waals surface area contributed by atoms with Gasteiger partial charge >= 0.3 is 6.18 Å². The Morgan fingerprint density at radius 3 is 2.12 bits per heavy atom. The Kier molecular flexibility index (Phi) is 4.35. The maximum atomic E-state index is 12.6. The van der Waals surface area contributed by atoms with E-state index < -0.39 is 18.1 Å². The van der Waals surface area contributed by atoms with Gasteiger partial charge in [0.2, 0.25) is 0 Å². The van der Waals surface area contributed by atoms with E-state index in [4.69, 9.17) is 0 Å². The van der Waals surface area contributed by atoms with Crippen LogP contribution in [0.4, 0.5) is 13.2 Å². The van der Waals surface area contributed by atoms with E-state index in [1.165, 1.54) is 0 Å². The smallest absolute Gasteiger partial charge is 0.302 e. The molecule has 0 fully saturated rings. The van der Waals surface area contributed by atoms with Gasteiger partial charge in [0.25, 0.3) is 0 Å². The molecule has 1 unspecified atom stereocenters. The Balaban J connectivity index is 2.58. The Hall–Kier alpha value is -1.03. The maximum Gasteiger partial charge on any atom is 0.404 e. The molecule has 0 radical (unpaired) electrons. The lowest BCUT2D eigenvalue weighted by molar-refractivity contribution is -0.165. The molecule has 0 saturated carbocycles. The SMILES string of the molecule is CC(C)C(NCc1ccccc1)C(F)(F)F. The molecular formula is C12H16F3N. The standard InChI is InChI=1S/C12H16F3N/c1-9(2)11(12(13,14)15)16-8-10-6-4-3-5-7-10/h3-7,9,11,16H,8H2,1-2H3. The average Bonchev–Trinajstić information content (AvgIpc) is 2.17. The molecule has 0 heterocycles. The van der Waals surface area contributed by atoms with Crippen molar-refractivity contribution in [2.75, 3.05) is 0 Å². The van der Waals surface area contributed by atoms with Crippen LogP contribution in [-0.2, 0) is 6.54 Å². The first kappa shape index (κ1) is 13.0. The van der Waals surface area contributed by atoms with Crippen LogP contribution in [0.25, 0.3) is 0 Å². The molecule has 0 bridgehead atoms. The fourth-order valence-electron chi connectivity index (χ4n) is 1.55. The first-order chi connectivity index (χ1) is 7.41. The van der Waals surface area contributed by atoms with Gasteiger partial charge in [0.15, 0.2) is 0 Å². The van der Waals surface area contributed by atoms with E-state index in [1.54, 1.807) is 26.0 Å². The van der Waals surface area contributed by atoms with E-state index >= 15 is 0 Å². The molecule has 0 spiro atoms. The van der Waals surface area contributed by atoms with Crippen molar-refractivity contribution in [3.63, 3.8) is 0 Å². The molecule has 1 aromatic carbocycles. The minimum absolute atomic E-state index is 0.239. The van der Waals surface area contributed by atoms with Gasteiger partial charge in [-0.05, 0) is 11.5 Å². The summed E-state index contributed by atoms with van der Waals surface area (Å²) in [6.45, 7) is 3.37. The zero-order chi connectivity index (χ0) is 12.2. The molecule has 0 saturated heterocycles. The Morgan fingerprint density at radius 1 is 1.12 bits per heavy atom. The summed E-state index contributed by atoms with van der Waals surface area (Å²) in [5.74, 6) is -0.469. The monoisotopic (exact) mass is 231 g/mol. The zero-order valence-corrected chi connectivity index (χ0v) is 9.38. The molecule has 0 aliphatic carbocycles. The summed E-state index contributed by atoms with van der Waals surface area (Å²) in [4.78, 5) is 0. The summed E-state index contributed by atoms with van der Waals surface area (Å²) in [5.41, 5.74) is 0.859. The van der Waals surface area contributed by atoms with Crippen LogP contribution in [-0.4, -0.2) is 12.2 Å². The van der Waals surface area contributed by atoms with Gasteiger partial charge in [0, 0.05) is 6.54 Å². The third-order valence-electron chi connectivity index (χ3n) is 2.39. The van der Waals surface area contributed by atoms with Gasteiger partial charge in [-0.15, -0.1) is 0 Å². The zero-order valence-electron chi connectivity index (χ0n) is 9.38. The number of halogens is 3. The molecule has 1 atom stereocenters. The molecule has 1 rings (SSSR count). The summed E-state index contributed by atoms with van der Waals surface area (Å²) in [6.07, 6.45) is -4.19. The summed E-state index contributed by atoms with van der Waals surface area (Å²) < 4.78 is 37.8. The van der Waals surface area contributed by atoms with E-state index in [2.05, 4.69) is 5.32 Å². The van der Waals surface area contributed by atoms with Gasteiger partial charge in [-0.1, -0.05) is 44.2 Å². The van der Waals surface area contributed by atoms with Crippen molar-refractivity contribution in [1.29, 1.82) is 0 Å². The molecule has 1 nitrogen and oxygen atoms in total. The highest BCUT2D eigenvalue weighted by Gasteiger charge is 2.40. The fraction of sp³-hybridized carbons (Fsp3) is 0.500. The van der Waals surface area contributed by atoms with E-state index in [-0.39, 0.29) is 6.54 Å². The molecule has 16 heavy (non-hydrogen) atoms. The van der Waals surface area contributed by atoms with Crippen LogP contribution in [0, 0.1) is 5.92 Å². The molecule has 1 aromatic rings. The first-order valence-corrected chi connectivity index (χ1v) is 5.25. The van der Waals surface area contributed by atoms with Gasteiger partial charge in [-0.3, -0.25) is 0 Å². The molecule has 4 heteroatoms. The minimum atomic E-state index is -4.19. The summed E-state index contributed by atoms with van der Waals surface area (Å²) in [6, 6.07) is 7.63. The van der Waals surface area contributed by atoms with Gasteiger partial charge in [-0.25, -0.2) is 0 Å². The van der Waals surface area contributed by atoms with E-state index in [9.17, 15) is 13.2 Å². The fourth-order valence-corrected chi connectivity index (χ4v) is 1.55. The maximum absolute atomic E-state index is 12.6. The molecule has 0 aromatic heterocycles. The second-order valence-corrected chi connectivity index (χ2v) is 4.13. The lowest BCUT2D eigenvalue weighted by Crippen LogP contribution is -2.45. The van der Waals surface area contributed by atoms with E-state index in [0.29, 0.717) is 0 Å². The number of rotatable bonds is 4. The minimum Gasteiger partial charge on any atom is -0.302 e. The second kappa shape index (κ2) is 5.34. The van der Waals surface area contributed by atoms with Crippen molar-refractivity contribution in [3.8, 4) is 0 Å². The number of alkyl halides is 3. The molecule has 0 aliphatic heterocycles. The number of nitrogens with one attached hydrogen (secondary N) is 1. The van der Waals surface area contributed by atoms with Gasteiger partial charge < -0.3 is 5.32 Å². The summed E-state index contributed by atoms with van der Waals surface area (Å²) in [5, 5.41) is 2.55. The molecule has 0 amide bonds. The van der Waals surface area contributed by atoms with Crippen LogP contribution < -0.4 is 5.32 Å². The van der Waals surface area contributed by atoms with Crippen molar-refractivity contribution in [2.24, 2.45) is 5.92 Å². The third-order valence-corrected chi connectivity index (χ3v) is 2.39. The Morgan fingerprint density at radius 2 is 1.69 bits per heavy atom. The number of hydrogen-bond acceptors (Lipinski definition) is 1. The van der Waals surface area contributed by atoms with Crippen LogP contribution in [0.15, 0.2) is 30.3 Å². The van der Waals surface area contributed by atoms with Gasteiger partial charge in [0.05, 0.1) is 0 Å². The predicted octanol–water partition coefficient (Wildman–Crippen LogP) is 3.36. The van der Waals surface area contributed by atoms with E-state index in [0.717, 1.165) is 5.56 Å². The third kappa shape index (κ3) is 3.85. The van der Waals surface area contributed by atoms with Crippen molar-refractivity contribution in [1.82, 2.24) is 5.32 Å². The highest BCUT2D eigenvalue weighted by atomic mass is 19.4. The largest absolute Gasteiger partial charge is 0.404 e. The molecule has 1 N–H and O–H groups in total. The van der Waals surface area contributed by atoms with E-state index in [1.807, 2.05) is 18.2 Å². The van der Waals surface area contributed by atoms with Gasteiger partial charge in [0.1, 0.15) is 6.04 Å². The Labute approximate surface area is 93.7 Å². The highest BCUT2D eigenvalue weighted by Crippen LogP contribution is 2.25. The molecule has 0 aliphatic rings. The molecular weight excluding hydrogens is 215 g/mol. The lowest BCUT2D eigenvalue weighted by Gasteiger charge is -2.25. The number of benzene rings is 1. The van der Waals surface area contributed by atoms with Crippen LogP contribution in [0.3, 0.4) is 0 Å². The van der Waals surface area contributed by atoms with Crippen LogP contribution >= 0.6 is 0 Å². The average molecular weight is 231 g/mol. The number of hydrogen-bond donors (Lipinski definition) is 1. The Bertz CT molecular complexity index is 306.